The molecular weight excluding hydrogens is 320 g/mol. The van der Waals surface area contributed by atoms with Crippen LogP contribution in [-0.4, -0.2) is 26.7 Å². The van der Waals surface area contributed by atoms with E-state index in [0.29, 0.717) is 11.3 Å². The van der Waals surface area contributed by atoms with Crippen molar-refractivity contribution in [1.29, 1.82) is 0 Å². The summed E-state index contributed by atoms with van der Waals surface area (Å²) in [7, 11) is 0. The molecule has 1 N–H and O–H groups in total. The molecule has 7 heteroatoms. The minimum Gasteiger partial charge on any atom is -0.349 e. The SMILES string of the molecule is CCC1CCC(NC(=O)c2cnn(-c3ccc([N+](=O)[O-])cc3)c2)CC1. The van der Waals surface area contributed by atoms with Crippen LogP contribution in [0.4, 0.5) is 5.69 Å². The number of benzene rings is 1. The number of hydrogen-bond donors (Lipinski definition) is 1. The van der Waals surface area contributed by atoms with E-state index in [1.807, 2.05) is 0 Å². The van der Waals surface area contributed by atoms with E-state index in [1.54, 1.807) is 23.0 Å². The van der Waals surface area contributed by atoms with Crippen LogP contribution in [0.5, 0.6) is 0 Å². The van der Waals surface area contributed by atoms with Crippen molar-refractivity contribution >= 4 is 11.6 Å². The Morgan fingerprint density at radius 1 is 1.28 bits per heavy atom. The fraction of sp³-hybridized carbons (Fsp3) is 0.444. The third-order valence-electron chi connectivity index (χ3n) is 4.93. The van der Waals surface area contributed by atoms with Crippen LogP contribution >= 0.6 is 0 Å². The van der Waals surface area contributed by atoms with Crippen molar-refractivity contribution in [1.82, 2.24) is 15.1 Å². The van der Waals surface area contributed by atoms with E-state index < -0.39 is 4.92 Å². The van der Waals surface area contributed by atoms with E-state index in [2.05, 4.69) is 17.3 Å². The first kappa shape index (κ1) is 17.1. The van der Waals surface area contributed by atoms with E-state index >= 15 is 0 Å². The third kappa shape index (κ3) is 4.04. The summed E-state index contributed by atoms with van der Waals surface area (Å²) >= 11 is 0. The van der Waals surface area contributed by atoms with E-state index in [9.17, 15) is 14.9 Å². The molecule has 0 radical (unpaired) electrons. The van der Waals surface area contributed by atoms with Crippen LogP contribution in [0, 0.1) is 16.0 Å². The van der Waals surface area contributed by atoms with Crippen LogP contribution < -0.4 is 5.32 Å². The molecule has 132 valence electrons. The highest BCUT2D eigenvalue weighted by Crippen LogP contribution is 2.26. The minimum atomic E-state index is -0.445. The molecular formula is C18H22N4O3. The lowest BCUT2D eigenvalue weighted by Crippen LogP contribution is -2.37. The van der Waals surface area contributed by atoms with E-state index in [0.717, 1.165) is 18.8 Å². The molecule has 1 aliphatic carbocycles. The van der Waals surface area contributed by atoms with Crippen LogP contribution in [0.15, 0.2) is 36.7 Å². The molecule has 0 spiro atoms. The summed E-state index contributed by atoms with van der Waals surface area (Å²) in [4.78, 5) is 22.7. The molecule has 1 heterocycles. The van der Waals surface area contributed by atoms with E-state index in [4.69, 9.17) is 0 Å². The number of rotatable bonds is 5. The smallest absolute Gasteiger partial charge is 0.269 e. The Labute approximate surface area is 146 Å². The van der Waals surface area contributed by atoms with Crippen LogP contribution in [0.25, 0.3) is 5.69 Å². The van der Waals surface area contributed by atoms with Gasteiger partial charge in [-0.05, 0) is 43.7 Å². The molecule has 0 unspecified atom stereocenters. The molecule has 0 bridgehead atoms. The summed E-state index contributed by atoms with van der Waals surface area (Å²) in [6.45, 7) is 2.22. The minimum absolute atomic E-state index is 0.0246. The van der Waals surface area contributed by atoms with Crippen LogP contribution in [-0.2, 0) is 0 Å². The predicted octanol–water partition coefficient (Wildman–Crippen LogP) is 3.48. The highest BCUT2D eigenvalue weighted by Gasteiger charge is 2.22. The van der Waals surface area contributed by atoms with Crippen molar-refractivity contribution < 1.29 is 9.72 Å². The first-order chi connectivity index (χ1) is 12.1. The van der Waals surface area contributed by atoms with Crippen molar-refractivity contribution in [3.63, 3.8) is 0 Å². The van der Waals surface area contributed by atoms with Gasteiger partial charge in [-0.15, -0.1) is 0 Å². The Balaban J connectivity index is 1.62. The standard InChI is InChI=1S/C18H22N4O3/c1-2-13-3-5-15(6-4-13)20-18(23)14-11-19-21(12-14)16-7-9-17(10-8-16)22(24)25/h7-13,15H,2-6H2,1H3,(H,20,23). The number of hydrogen-bond acceptors (Lipinski definition) is 4. The molecule has 0 aliphatic heterocycles. The number of amides is 1. The van der Waals surface area contributed by atoms with Gasteiger partial charge < -0.3 is 5.32 Å². The Hall–Kier alpha value is -2.70. The second-order valence-corrected chi connectivity index (χ2v) is 6.55. The van der Waals surface area contributed by atoms with Gasteiger partial charge in [0.15, 0.2) is 0 Å². The van der Waals surface area contributed by atoms with Gasteiger partial charge in [0.2, 0.25) is 0 Å². The first-order valence-corrected chi connectivity index (χ1v) is 8.67. The van der Waals surface area contributed by atoms with Gasteiger partial charge in [0.05, 0.1) is 22.4 Å². The average Bonchev–Trinajstić information content (AvgIpc) is 3.13. The fourth-order valence-corrected chi connectivity index (χ4v) is 3.29. The van der Waals surface area contributed by atoms with Crippen molar-refractivity contribution in [3.05, 3.63) is 52.3 Å². The molecule has 1 aromatic heterocycles. The maximum absolute atomic E-state index is 12.4. The monoisotopic (exact) mass is 342 g/mol. The number of carbonyl (C=O) groups is 1. The van der Waals surface area contributed by atoms with Crippen molar-refractivity contribution in [3.8, 4) is 5.69 Å². The maximum Gasteiger partial charge on any atom is 0.269 e. The largest absolute Gasteiger partial charge is 0.349 e. The Bertz CT molecular complexity index is 746. The highest BCUT2D eigenvalue weighted by molar-refractivity contribution is 5.94. The number of non-ortho nitro benzene ring substituents is 1. The van der Waals surface area contributed by atoms with Gasteiger partial charge in [0, 0.05) is 24.4 Å². The molecule has 25 heavy (non-hydrogen) atoms. The predicted molar refractivity (Wildman–Crippen MR) is 93.7 cm³/mol. The number of aromatic nitrogens is 2. The molecule has 7 nitrogen and oxygen atoms in total. The summed E-state index contributed by atoms with van der Waals surface area (Å²) in [6, 6.07) is 6.29. The zero-order valence-corrected chi connectivity index (χ0v) is 14.2. The zero-order chi connectivity index (χ0) is 17.8. The molecule has 1 saturated carbocycles. The molecule has 1 aliphatic rings. The molecule has 1 amide bonds. The molecule has 1 fully saturated rings. The van der Waals surface area contributed by atoms with Gasteiger partial charge in [-0.3, -0.25) is 14.9 Å². The molecule has 1 aromatic carbocycles. The van der Waals surface area contributed by atoms with Gasteiger partial charge in [-0.25, -0.2) is 4.68 Å². The Kier molecular flexibility index (Phi) is 5.11. The van der Waals surface area contributed by atoms with Crippen molar-refractivity contribution in [2.45, 2.75) is 45.1 Å². The van der Waals surface area contributed by atoms with Crippen molar-refractivity contribution in [2.24, 2.45) is 5.92 Å². The van der Waals surface area contributed by atoms with Gasteiger partial charge in [0.1, 0.15) is 0 Å². The quantitative estimate of drug-likeness (QED) is 0.665. The number of nitro groups is 1. The van der Waals surface area contributed by atoms with Crippen molar-refractivity contribution in [2.75, 3.05) is 0 Å². The summed E-state index contributed by atoms with van der Waals surface area (Å²) in [5.41, 5.74) is 1.20. The van der Waals surface area contributed by atoms with Gasteiger partial charge in [0.25, 0.3) is 11.6 Å². The molecule has 2 aromatic rings. The third-order valence-corrected chi connectivity index (χ3v) is 4.93. The van der Waals surface area contributed by atoms with E-state index in [-0.39, 0.29) is 17.6 Å². The first-order valence-electron chi connectivity index (χ1n) is 8.67. The Morgan fingerprint density at radius 3 is 2.56 bits per heavy atom. The summed E-state index contributed by atoms with van der Waals surface area (Å²) < 4.78 is 1.55. The highest BCUT2D eigenvalue weighted by atomic mass is 16.6. The second kappa shape index (κ2) is 7.46. The number of nitrogens with one attached hydrogen (secondary N) is 1. The lowest BCUT2D eigenvalue weighted by Gasteiger charge is -2.28. The summed E-state index contributed by atoms with van der Waals surface area (Å²) in [5.74, 6) is 0.672. The normalized spacial score (nSPS) is 20.2. The summed E-state index contributed by atoms with van der Waals surface area (Å²) in [5, 5.41) is 18.0. The molecule has 3 rings (SSSR count). The van der Waals surface area contributed by atoms with Crippen LogP contribution in [0.2, 0.25) is 0 Å². The number of nitrogens with zero attached hydrogens (tertiary/aromatic N) is 3. The lowest BCUT2D eigenvalue weighted by atomic mass is 9.84. The molecule has 0 atom stereocenters. The van der Waals surface area contributed by atoms with E-state index in [1.165, 1.54) is 37.6 Å². The van der Waals surface area contributed by atoms with Crippen LogP contribution in [0.3, 0.4) is 0 Å². The molecule has 0 saturated heterocycles. The fourth-order valence-electron chi connectivity index (χ4n) is 3.29. The zero-order valence-electron chi connectivity index (χ0n) is 14.2. The summed E-state index contributed by atoms with van der Waals surface area (Å²) in [6.07, 6.45) is 8.78. The van der Waals surface area contributed by atoms with Gasteiger partial charge >= 0.3 is 0 Å². The Morgan fingerprint density at radius 2 is 1.96 bits per heavy atom. The van der Waals surface area contributed by atoms with Gasteiger partial charge in [-0.1, -0.05) is 13.3 Å². The lowest BCUT2D eigenvalue weighted by molar-refractivity contribution is -0.384. The average molecular weight is 342 g/mol. The van der Waals surface area contributed by atoms with Crippen LogP contribution in [0.1, 0.15) is 49.4 Å². The maximum atomic E-state index is 12.4. The topological polar surface area (TPSA) is 90.1 Å². The van der Waals surface area contributed by atoms with Gasteiger partial charge in [-0.2, -0.15) is 5.10 Å². The number of nitro benzene ring substituents is 1. The number of carbonyl (C=O) groups excluding carboxylic acids is 1. The second-order valence-electron chi connectivity index (χ2n) is 6.55.